The first-order valence-electron chi connectivity index (χ1n) is 4.51. The van der Waals surface area contributed by atoms with Crippen molar-refractivity contribution in [1.29, 1.82) is 0 Å². The molecule has 0 saturated carbocycles. The number of amides is 1. The van der Waals surface area contributed by atoms with E-state index in [1.807, 2.05) is 0 Å². The molecule has 0 unspecified atom stereocenters. The lowest BCUT2D eigenvalue weighted by Crippen LogP contribution is -2.27. The van der Waals surface area contributed by atoms with Crippen LogP contribution in [0.4, 0.5) is 5.69 Å². The van der Waals surface area contributed by atoms with Gasteiger partial charge in [-0.3, -0.25) is 4.79 Å². The highest BCUT2D eigenvalue weighted by Gasteiger charge is 2.11. The van der Waals surface area contributed by atoms with Crippen molar-refractivity contribution in [2.75, 3.05) is 18.9 Å². The van der Waals surface area contributed by atoms with Gasteiger partial charge in [0.05, 0.1) is 12.2 Å². The summed E-state index contributed by atoms with van der Waals surface area (Å²) in [7, 11) is 0. The second-order valence-corrected chi connectivity index (χ2v) is 3.60. The number of nitrogens with one attached hydrogen (secondary N) is 1. The Labute approximate surface area is 93.0 Å². The third kappa shape index (κ3) is 2.84. The number of halogens is 1. The van der Waals surface area contributed by atoms with Crippen LogP contribution < -0.4 is 11.1 Å². The molecule has 4 N–H and O–H groups in total. The zero-order valence-corrected chi connectivity index (χ0v) is 9.14. The van der Waals surface area contributed by atoms with Crippen molar-refractivity contribution in [2.24, 2.45) is 0 Å². The number of aryl methyl sites for hydroxylation is 1. The molecular weight excluding hydrogens is 216 g/mol. The van der Waals surface area contributed by atoms with Gasteiger partial charge in [0.2, 0.25) is 0 Å². The van der Waals surface area contributed by atoms with Gasteiger partial charge in [-0.15, -0.1) is 0 Å². The van der Waals surface area contributed by atoms with Crippen LogP contribution in [0.15, 0.2) is 12.1 Å². The first-order valence-corrected chi connectivity index (χ1v) is 4.88. The van der Waals surface area contributed by atoms with Crippen molar-refractivity contribution in [3.05, 3.63) is 28.3 Å². The van der Waals surface area contributed by atoms with E-state index in [1.54, 1.807) is 13.0 Å². The number of carbonyl (C=O) groups is 1. The first kappa shape index (κ1) is 11.8. The van der Waals surface area contributed by atoms with Crippen molar-refractivity contribution in [1.82, 2.24) is 5.32 Å². The lowest BCUT2D eigenvalue weighted by Gasteiger charge is -2.09. The fourth-order valence-corrected chi connectivity index (χ4v) is 1.48. The predicted octanol–water partition coefficient (Wildman–Crippen LogP) is 0.953. The molecule has 82 valence electrons. The molecule has 0 aliphatic heterocycles. The van der Waals surface area contributed by atoms with Crippen molar-refractivity contribution in [2.45, 2.75) is 6.92 Å². The van der Waals surface area contributed by atoms with E-state index < -0.39 is 0 Å². The van der Waals surface area contributed by atoms with Crippen molar-refractivity contribution >= 4 is 23.2 Å². The average Bonchev–Trinajstić information content (AvgIpc) is 2.19. The maximum atomic E-state index is 11.6. The number of nitrogens with two attached hydrogens (primary N) is 1. The van der Waals surface area contributed by atoms with E-state index >= 15 is 0 Å². The highest BCUT2D eigenvalue weighted by molar-refractivity contribution is 6.31. The second kappa shape index (κ2) is 5.00. The summed E-state index contributed by atoms with van der Waals surface area (Å²) in [6.07, 6.45) is 0. The van der Waals surface area contributed by atoms with Gasteiger partial charge in [-0.05, 0) is 24.6 Å². The van der Waals surface area contributed by atoms with Gasteiger partial charge in [-0.1, -0.05) is 11.6 Å². The summed E-state index contributed by atoms with van der Waals surface area (Å²) in [5.41, 5.74) is 7.26. The highest BCUT2D eigenvalue weighted by atomic mass is 35.5. The quantitative estimate of drug-likeness (QED) is 0.675. The van der Waals surface area contributed by atoms with E-state index in [-0.39, 0.29) is 19.1 Å². The Balaban J connectivity index is 2.98. The second-order valence-electron chi connectivity index (χ2n) is 3.16. The Morgan fingerprint density at radius 3 is 2.87 bits per heavy atom. The fourth-order valence-electron chi connectivity index (χ4n) is 1.21. The molecule has 15 heavy (non-hydrogen) atoms. The summed E-state index contributed by atoms with van der Waals surface area (Å²) in [4.78, 5) is 11.6. The van der Waals surface area contributed by atoms with Gasteiger partial charge in [0, 0.05) is 17.3 Å². The van der Waals surface area contributed by atoms with Crippen LogP contribution in [0.2, 0.25) is 5.02 Å². The number of benzene rings is 1. The molecule has 0 atom stereocenters. The Bertz CT molecular complexity index is 380. The molecule has 0 aromatic heterocycles. The molecule has 0 aliphatic rings. The molecule has 0 radical (unpaired) electrons. The maximum Gasteiger partial charge on any atom is 0.253 e. The van der Waals surface area contributed by atoms with E-state index in [1.165, 1.54) is 6.07 Å². The molecule has 0 saturated heterocycles. The molecule has 4 nitrogen and oxygen atoms in total. The van der Waals surface area contributed by atoms with Gasteiger partial charge < -0.3 is 16.2 Å². The topological polar surface area (TPSA) is 75.3 Å². The minimum atomic E-state index is -0.327. The standard InChI is InChI=1S/C10H13ClN2O2/c1-6-4-7(11)5-8(9(6)12)10(15)13-2-3-14/h4-5,14H,2-3,12H2,1H3,(H,13,15). The number of aliphatic hydroxyl groups excluding tert-OH is 1. The molecule has 1 aromatic carbocycles. The Morgan fingerprint density at radius 2 is 2.27 bits per heavy atom. The summed E-state index contributed by atoms with van der Waals surface area (Å²) in [5, 5.41) is 11.6. The molecule has 0 bridgehead atoms. The molecule has 0 fully saturated rings. The summed E-state index contributed by atoms with van der Waals surface area (Å²) in [5.74, 6) is -0.327. The van der Waals surface area contributed by atoms with Gasteiger partial charge in [0.1, 0.15) is 0 Å². The summed E-state index contributed by atoms with van der Waals surface area (Å²) in [6.45, 7) is 1.87. The third-order valence-electron chi connectivity index (χ3n) is 1.99. The van der Waals surface area contributed by atoms with Crippen LogP contribution >= 0.6 is 11.6 Å². The number of nitrogen functional groups attached to an aromatic ring is 1. The normalized spacial score (nSPS) is 10.1. The summed E-state index contributed by atoms with van der Waals surface area (Å²) >= 11 is 5.82. The van der Waals surface area contributed by atoms with Crippen LogP contribution in [0, 0.1) is 6.92 Å². The van der Waals surface area contributed by atoms with Gasteiger partial charge in [-0.25, -0.2) is 0 Å². The van der Waals surface area contributed by atoms with Crippen LogP contribution in [0.3, 0.4) is 0 Å². The Kier molecular flexibility index (Phi) is 3.94. The highest BCUT2D eigenvalue weighted by Crippen LogP contribution is 2.22. The predicted molar refractivity (Wildman–Crippen MR) is 60.0 cm³/mol. The number of aliphatic hydroxyl groups is 1. The Morgan fingerprint density at radius 1 is 1.60 bits per heavy atom. The maximum absolute atomic E-state index is 11.6. The SMILES string of the molecule is Cc1cc(Cl)cc(C(=O)NCCO)c1N. The first-order chi connectivity index (χ1) is 7.06. The zero-order valence-electron chi connectivity index (χ0n) is 8.38. The molecule has 0 aliphatic carbocycles. The molecule has 1 aromatic rings. The van der Waals surface area contributed by atoms with E-state index in [0.29, 0.717) is 16.3 Å². The lowest BCUT2D eigenvalue weighted by atomic mass is 10.1. The minimum absolute atomic E-state index is 0.106. The van der Waals surface area contributed by atoms with Crippen LogP contribution in [0.5, 0.6) is 0 Å². The smallest absolute Gasteiger partial charge is 0.253 e. The zero-order chi connectivity index (χ0) is 11.4. The number of hydrogen-bond donors (Lipinski definition) is 3. The van der Waals surface area contributed by atoms with Crippen molar-refractivity contribution < 1.29 is 9.90 Å². The molecule has 5 heteroatoms. The minimum Gasteiger partial charge on any atom is -0.398 e. The van der Waals surface area contributed by atoms with E-state index in [0.717, 1.165) is 5.56 Å². The van der Waals surface area contributed by atoms with Crippen molar-refractivity contribution in [3.8, 4) is 0 Å². The monoisotopic (exact) mass is 228 g/mol. The number of rotatable bonds is 3. The largest absolute Gasteiger partial charge is 0.398 e. The molecule has 0 spiro atoms. The summed E-state index contributed by atoms with van der Waals surface area (Å²) in [6, 6.07) is 3.20. The van der Waals surface area contributed by atoms with Gasteiger partial charge >= 0.3 is 0 Å². The van der Waals surface area contributed by atoms with Crippen LogP contribution in [-0.4, -0.2) is 24.2 Å². The van der Waals surface area contributed by atoms with Gasteiger partial charge in [0.25, 0.3) is 5.91 Å². The van der Waals surface area contributed by atoms with Gasteiger partial charge in [0.15, 0.2) is 0 Å². The number of anilines is 1. The lowest BCUT2D eigenvalue weighted by molar-refractivity contribution is 0.0945. The van der Waals surface area contributed by atoms with Crippen LogP contribution in [0.1, 0.15) is 15.9 Å². The fraction of sp³-hybridized carbons (Fsp3) is 0.300. The van der Waals surface area contributed by atoms with E-state index in [9.17, 15) is 4.79 Å². The van der Waals surface area contributed by atoms with Crippen LogP contribution in [0.25, 0.3) is 0 Å². The van der Waals surface area contributed by atoms with Crippen LogP contribution in [-0.2, 0) is 0 Å². The number of hydrogen-bond acceptors (Lipinski definition) is 3. The molecule has 1 amide bonds. The van der Waals surface area contributed by atoms with Crippen molar-refractivity contribution in [3.63, 3.8) is 0 Å². The molecule has 1 rings (SSSR count). The van der Waals surface area contributed by atoms with E-state index in [4.69, 9.17) is 22.4 Å². The summed E-state index contributed by atoms with van der Waals surface area (Å²) < 4.78 is 0. The average molecular weight is 229 g/mol. The van der Waals surface area contributed by atoms with E-state index in [2.05, 4.69) is 5.32 Å². The Hall–Kier alpha value is -1.26. The van der Waals surface area contributed by atoms with Gasteiger partial charge in [-0.2, -0.15) is 0 Å². The molecular formula is C10H13ClN2O2. The third-order valence-corrected chi connectivity index (χ3v) is 2.21. The molecule has 0 heterocycles. The number of carbonyl (C=O) groups excluding carboxylic acids is 1.